The normalized spacial score (nSPS) is 29.2. The van der Waals surface area contributed by atoms with Crippen molar-refractivity contribution in [3.05, 3.63) is 0 Å². The molecule has 2 unspecified atom stereocenters. The van der Waals surface area contributed by atoms with Gasteiger partial charge in [-0.15, -0.1) is 0 Å². The average Bonchev–Trinajstić information content (AvgIpc) is 2.34. The van der Waals surface area contributed by atoms with Crippen LogP contribution in [0.1, 0.15) is 52.9 Å². The molecule has 2 heterocycles. The molecule has 2 aliphatic rings. The van der Waals surface area contributed by atoms with Crippen molar-refractivity contribution in [2.24, 2.45) is 5.73 Å². The quantitative estimate of drug-likeness (QED) is 0.711. The Balaban J connectivity index is 0.000000244. The Bertz CT molecular complexity index is 114. The van der Waals surface area contributed by atoms with Crippen LogP contribution in [-0.2, 0) is 0 Å². The number of hydrogen-bond acceptors (Lipinski definition) is 3. The maximum Gasteiger partial charge on any atom is 0.0130 e. The molecule has 2 fully saturated rings. The predicted octanol–water partition coefficient (Wildman–Crippen LogP) is 4.16. The van der Waals surface area contributed by atoms with Crippen molar-refractivity contribution in [2.45, 2.75) is 64.2 Å². The minimum absolute atomic E-state index is 0.499. The summed E-state index contributed by atoms with van der Waals surface area (Å²) >= 11 is 4.10. The largest absolute Gasteiger partial charge is 0.327 e. The van der Waals surface area contributed by atoms with Crippen LogP contribution in [0, 0.1) is 0 Å². The zero-order chi connectivity index (χ0) is 12.2. The van der Waals surface area contributed by atoms with Crippen molar-refractivity contribution in [3.8, 4) is 0 Å². The molecule has 2 atom stereocenters. The molecule has 98 valence electrons. The zero-order valence-electron chi connectivity index (χ0n) is 11.2. The van der Waals surface area contributed by atoms with Crippen LogP contribution in [0.15, 0.2) is 0 Å². The summed E-state index contributed by atoms with van der Waals surface area (Å²) < 4.78 is 0. The average molecular weight is 264 g/mol. The first-order chi connectivity index (χ1) is 7.79. The van der Waals surface area contributed by atoms with Crippen molar-refractivity contribution in [3.63, 3.8) is 0 Å². The lowest BCUT2D eigenvalue weighted by molar-refractivity contribution is 0.648. The fourth-order valence-corrected chi connectivity index (χ4v) is 3.78. The van der Waals surface area contributed by atoms with E-state index in [4.69, 9.17) is 5.73 Å². The molecule has 0 spiro atoms. The third-order valence-electron chi connectivity index (χ3n) is 2.60. The second-order valence-corrected chi connectivity index (χ2v) is 6.85. The van der Waals surface area contributed by atoms with Gasteiger partial charge in [0.15, 0.2) is 0 Å². The molecule has 0 radical (unpaired) electrons. The van der Waals surface area contributed by atoms with Gasteiger partial charge in [0.25, 0.3) is 0 Å². The molecule has 1 nitrogen and oxygen atoms in total. The molecular weight excluding hydrogens is 234 g/mol. The molecule has 2 N–H and O–H groups in total. The maximum absolute atomic E-state index is 5.61. The first kappa shape index (κ1) is 16.7. The summed E-state index contributed by atoms with van der Waals surface area (Å²) in [6.45, 7) is 6.32. The van der Waals surface area contributed by atoms with Gasteiger partial charge in [0.2, 0.25) is 0 Å². The highest BCUT2D eigenvalue weighted by Gasteiger charge is 2.07. The zero-order valence-corrected chi connectivity index (χ0v) is 12.8. The van der Waals surface area contributed by atoms with Gasteiger partial charge in [-0.05, 0) is 37.2 Å². The van der Waals surface area contributed by atoms with Crippen LogP contribution in [-0.4, -0.2) is 28.6 Å². The van der Waals surface area contributed by atoms with E-state index < -0.39 is 0 Å². The lowest BCUT2D eigenvalue weighted by Crippen LogP contribution is -2.25. The molecule has 2 aliphatic heterocycles. The number of hydrogen-bond donors (Lipinski definition) is 1. The van der Waals surface area contributed by atoms with Gasteiger partial charge in [-0.1, -0.05) is 27.2 Å². The molecule has 0 saturated carbocycles. The Hall–Kier alpha value is 0.660. The van der Waals surface area contributed by atoms with E-state index in [1.807, 2.05) is 25.6 Å². The van der Waals surface area contributed by atoms with E-state index in [-0.39, 0.29) is 0 Å². The van der Waals surface area contributed by atoms with Crippen LogP contribution in [0.5, 0.6) is 0 Å². The van der Waals surface area contributed by atoms with Gasteiger partial charge in [-0.2, -0.15) is 23.5 Å². The highest BCUT2D eigenvalue weighted by molar-refractivity contribution is 7.99. The predicted molar refractivity (Wildman–Crippen MR) is 81.7 cm³/mol. The van der Waals surface area contributed by atoms with Crippen molar-refractivity contribution in [2.75, 3.05) is 17.3 Å². The first-order valence-electron chi connectivity index (χ1n) is 6.74. The monoisotopic (exact) mass is 263 g/mol. The van der Waals surface area contributed by atoms with E-state index >= 15 is 0 Å². The molecule has 0 amide bonds. The molecule has 2 rings (SSSR count). The van der Waals surface area contributed by atoms with E-state index in [9.17, 15) is 0 Å². The van der Waals surface area contributed by atoms with Crippen molar-refractivity contribution >= 4 is 23.5 Å². The number of nitrogens with two attached hydrogens (primary N) is 1. The molecule has 0 aromatic heterocycles. The van der Waals surface area contributed by atoms with E-state index in [1.165, 1.54) is 49.4 Å². The van der Waals surface area contributed by atoms with Gasteiger partial charge in [0.1, 0.15) is 0 Å². The Kier molecular flexibility index (Phi) is 12.6. The second-order valence-electron chi connectivity index (χ2n) is 4.15. The summed E-state index contributed by atoms with van der Waals surface area (Å²) in [6.07, 6.45) is 6.94. The number of thioether (sulfide) groups is 2. The van der Waals surface area contributed by atoms with Gasteiger partial charge in [-0.25, -0.2) is 0 Å². The lowest BCUT2D eigenvalue weighted by atomic mass is 10.2. The molecule has 0 aliphatic carbocycles. The van der Waals surface area contributed by atoms with Crippen molar-refractivity contribution in [1.29, 1.82) is 0 Å². The van der Waals surface area contributed by atoms with E-state index in [0.717, 1.165) is 5.25 Å². The molecule has 2 saturated heterocycles. The Morgan fingerprint density at radius 3 is 2.00 bits per heavy atom. The second kappa shape index (κ2) is 12.1. The molecule has 16 heavy (non-hydrogen) atoms. The molecule has 3 heteroatoms. The smallest absolute Gasteiger partial charge is 0.0130 e. The SMILES string of the molecule is CC.CC1CCCCS1.NC1CCCSC1. The fourth-order valence-electron chi connectivity index (χ4n) is 1.67. The third-order valence-corrected chi connectivity index (χ3v) is 5.17. The summed E-state index contributed by atoms with van der Waals surface area (Å²) in [7, 11) is 0. The van der Waals surface area contributed by atoms with Crippen LogP contribution in [0.4, 0.5) is 0 Å². The van der Waals surface area contributed by atoms with Crippen LogP contribution in [0.2, 0.25) is 0 Å². The highest BCUT2D eigenvalue weighted by Crippen LogP contribution is 2.23. The maximum atomic E-state index is 5.61. The summed E-state index contributed by atoms with van der Waals surface area (Å²) in [5.74, 6) is 3.91. The van der Waals surface area contributed by atoms with Gasteiger partial charge >= 0.3 is 0 Å². The van der Waals surface area contributed by atoms with Crippen LogP contribution in [0.3, 0.4) is 0 Å². The van der Waals surface area contributed by atoms with Gasteiger partial charge < -0.3 is 5.73 Å². The van der Waals surface area contributed by atoms with Crippen molar-refractivity contribution < 1.29 is 0 Å². The van der Waals surface area contributed by atoms with Crippen LogP contribution < -0.4 is 5.73 Å². The summed E-state index contributed by atoms with van der Waals surface area (Å²) in [6, 6.07) is 0.499. The standard InChI is InChI=1S/C6H12S.C5H11NS.C2H6/c1-6-4-2-3-5-7-6;6-5-2-1-3-7-4-5;1-2/h6H,2-5H2,1H3;5H,1-4,6H2;1-2H3. The summed E-state index contributed by atoms with van der Waals surface area (Å²) in [4.78, 5) is 0. The Labute approximate surface area is 111 Å². The molecule has 0 bridgehead atoms. The molecular formula is C13H29NS2. The van der Waals surface area contributed by atoms with Crippen LogP contribution >= 0.6 is 23.5 Å². The van der Waals surface area contributed by atoms with E-state index in [2.05, 4.69) is 18.7 Å². The first-order valence-corrected chi connectivity index (χ1v) is 8.94. The van der Waals surface area contributed by atoms with Gasteiger partial charge in [0, 0.05) is 17.0 Å². The highest BCUT2D eigenvalue weighted by atomic mass is 32.2. The Morgan fingerprint density at radius 2 is 1.75 bits per heavy atom. The van der Waals surface area contributed by atoms with Gasteiger partial charge in [0.05, 0.1) is 0 Å². The molecule has 0 aromatic carbocycles. The third kappa shape index (κ3) is 9.86. The minimum atomic E-state index is 0.499. The fraction of sp³-hybridized carbons (Fsp3) is 1.00. The number of rotatable bonds is 0. The Morgan fingerprint density at radius 1 is 1.00 bits per heavy atom. The topological polar surface area (TPSA) is 26.0 Å². The van der Waals surface area contributed by atoms with Crippen LogP contribution in [0.25, 0.3) is 0 Å². The van der Waals surface area contributed by atoms with E-state index in [1.54, 1.807) is 0 Å². The van der Waals surface area contributed by atoms with Gasteiger partial charge in [-0.3, -0.25) is 0 Å². The summed E-state index contributed by atoms with van der Waals surface area (Å²) in [5.41, 5.74) is 5.61. The lowest BCUT2D eigenvalue weighted by Gasteiger charge is -2.15. The summed E-state index contributed by atoms with van der Waals surface area (Å²) in [5, 5.41) is 0.953. The van der Waals surface area contributed by atoms with E-state index in [0.29, 0.717) is 6.04 Å². The van der Waals surface area contributed by atoms with Crippen molar-refractivity contribution in [1.82, 2.24) is 0 Å². The minimum Gasteiger partial charge on any atom is -0.327 e. The molecule has 0 aromatic rings.